The van der Waals surface area contributed by atoms with Gasteiger partial charge in [-0.3, -0.25) is 9.78 Å². The molecule has 0 atom stereocenters. The summed E-state index contributed by atoms with van der Waals surface area (Å²) in [4.78, 5) is 16.2. The van der Waals surface area contributed by atoms with E-state index >= 15 is 0 Å². The molecule has 0 aliphatic carbocycles. The van der Waals surface area contributed by atoms with Crippen LogP contribution in [-0.4, -0.2) is 10.9 Å². The second-order valence-corrected chi connectivity index (χ2v) is 5.46. The van der Waals surface area contributed by atoms with Crippen molar-refractivity contribution in [1.82, 2.24) is 4.98 Å². The number of halogens is 3. The third kappa shape index (κ3) is 4.04. The molecule has 0 fully saturated rings. The Balaban J connectivity index is 1.80. The first-order chi connectivity index (χ1) is 13.0. The molecule has 0 radical (unpaired) electrons. The van der Waals surface area contributed by atoms with Gasteiger partial charge in [0.15, 0.2) is 17.5 Å². The van der Waals surface area contributed by atoms with E-state index in [1.165, 1.54) is 18.5 Å². The fourth-order valence-corrected chi connectivity index (χ4v) is 2.28. The molecule has 0 aliphatic rings. The number of pyridine rings is 1. The minimum atomic E-state index is -1.67. The number of carbonyl (C=O) groups excluding carboxylic acids is 1. The summed E-state index contributed by atoms with van der Waals surface area (Å²) in [5.74, 6) is -5.25. The number of nitriles is 1. The summed E-state index contributed by atoms with van der Waals surface area (Å²) in [6, 6.07) is 11.8. The number of rotatable bonds is 4. The maximum Gasteiger partial charge on any atom is 0.257 e. The lowest BCUT2D eigenvalue weighted by Gasteiger charge is -2.10. The summed E-state index contributed by atoms with van der Waals surface area (Å²) < 4.78 is 39.9. The average Bonchev–Trinajstić information content (AvgIpc) is 2.68. The van der Waals surface area contributed by atoms with Gasteiger partial charge in [-0.25, -0.2) is 13.2 Å². The summed E-state index contributed by atoms with van der Waals surface area (Å²) in [6.45, 7) is 0. The van der Waals surface area contributed by atoms with Crippen molar-refractivity contribution in [2.75, 3.05) is 10.6 Å². The van der Waals surface area contributed by atoms with E-state index in [1.807, 2.05) is 6.07 Å². The normalized spacial score (nSPS) is 10.1. The number of carbonyl (C=O) groups is 1. The number of benzene rings is 2. The Kier molecular flexibility index (Phi) is 5.04. The number of hydrogen-bond acceptors (Lipinski definition) is 4. The maximum atomic E-state index is 13.7. The Morgan fingerprint density at radius 1 is 1.00 bits per heavy atom. The molecule has 3 aromatic rings. The zero-order valence-corrected chi connectivity index (χ0v) is 13.6. The van der Waals surface area contributed by atoms with Gasteiger partial charge in [-0.15, -0.1) is 0 Å². The predicted octanol–water partition coefficient (Wildman–Crippen LogP) is 4.37. The molecule has 134 valence electrons. The molecule has 27 heavy (non-hydrogen) atoms. The van der Waals surface area contributed by atoms with Crippen LogP contribution in [0.25, 0.3) is 0 Å². The van der Waals surface area contributed by atoms with E-state index in [4.69, 9.17) is 5.26 Å². The molecule has 2 aromatic carbocycles. The van der Waals surface area contributed by atoms with Gasteiger partial charge in [0.1, 0.15) is 0 Å². The highest BCUT2D eigenvalue weighted by Crippen LogP contribution is 2.21. The van der Waals surface area contributed by atoms with Crippen molar-refractivity contribution in [3.63, 3.8) is 0 Å². The van der Waals surface area contributed by atoms with Crippen molar-refractivity contribution in [1.29, 1.82) is 5.26 Å². The number of nitrogens with zero attached hydrogens (tertiary/aromatic N) is 2. The zero-order valence-electron chi connectivity index (χ0n) is 13.6. The van der Waals surface area contributed by atoms with E-state index in [0.29, 0.717) is 23.0 Å². The lowest BCUT2D eigenvalue weighted by atomic mass is 10.2. The van der Waals surface area contributed by atoms with Crippen LogP contribution in [0.2, 0.25) is 0 Å². The first-order valence-corrected chi connectivity index (χ1v) is 7.65. The molecule has 0 saturated carbocycles. The second kappa shape index (κ2) is 7.58. The Hall–Kier alpha value is -3.86. The molecule has 0 saturated heterocycles. The van der Waals surface area contributed by atoms with Crippen molar-refractivity contribution < 1.29 is 18.0 Å². The van der Waals surface area contributed by atoms with Gasteiger partial charge in [-0.1, -0.05) is 6.07 Å². The molecule has 0 spiro atoms. The van der Waals surface area contributed by atoms with Gasteiger partial charge in [0.05, 0.1) is 34.8 Å². The molecular formula is C19H11F3N4O. The number of hydrogen-bond donors (Lipinski definition) is 2. The van der Waals surface area contributed by atoms with Gasteiger partial charge in [0.2, 0.25) is 0 Å². The van der Waals surface area contributed by atoms with Gasteiger partial charge in [-0.05, 0) is 36.4 Å². The van der Waals surface area contributed by atoms with Crippen molar-refractivity contribution >= 4 is 23.0 Å². The molecule has 3 rings (SSSR count). The molecule has 0 bridgehead atoms. The van der Waals surface area contributed by atoms with Gasteiger partial charge in [-0.2, -0.15) is 5.26 Å². The predicted molar refractivity (Wildman–Crippen MR) is 92.9 cm³/mol. The summed E-state index contributed by atoms with van der Waals surface area (Å²) in [5.41, 5.74) is 1.10. The van der Waals surface area contributed by atoms with Crippen LogP contribution in [0.15, 0.2) is 54.9 Å². The van der Waals surface area contributed by atoms with E-state index in [-0.39, 0.29) is 5.56 Å². The minimum absolute atomic E-state index is 0.0700. The highest BCUT2D eigenvalue weighted by molar-refractivity contribution is 6.04. The molecule has 0 unspecified atom stereocenters. The van der Waals surface area contributed by atoms with E-state index in [2.05, 4.69) is 15.6 Å². The van der Waals surface area contributed by atoms with Crippen molar-refractivity contribution in [2.24, 2.45) is 0 Å². The molecule has 2 N–H and O–H groups in total. The smallest absolute Gasteiger partial charge is 0.257 e. The second-order valence-electron chi connectivity index (χ2n) is 5.46. The van der Waals surface area contributed by atoms with E-state index in [0.717, 1.165) is 6.07 Å². The van der Waals surface area contributed by atoms with Crippen LogP contribution in [0, 0.1) is 28.8 Å². The first kappa shape index (κ1) is 17.9. The van der Waals surface area contributed by atoms with Crippen LogP contribution in [0.3, 0.4) is 0 Å². The number of amides is 1. The van der Waals surface area contributed by atoms with Crippen molar-refractivity contribution in [3.8, 4) is 6.07 Å². The highest BCUT2D eigenvalue weighted by Gasteiger charge is 2.16. The van der Waals surface area contributed by atoms with Gasteiger partial charge >= 0.3 is 0 Å². The summed E-state index contributed by atoms with van der Waals surface area (Å²) in [7, 11) is 0. The van der Waals surface area contributed by atoms with Gasteiger partial charge in [0, 0.05) is 11.9 Å². The summed E-state index contributed by atoms with van der Waals surface area (Å²) in [6.07, 6.45) is 2.69. The largest absolute Gasteiger partial charge is 0.354 e. The van der Waals surface area contributed by atoms with E-state index < -0.39 is 29.0 Å². The lowest BCUT2D eigenvalue weighted by Crippen LogP contribution is -2.14. The van der Waals surface area contributed by atoms with Crippen LogP contribution in [0.1, 0.15) is 15.9 Å². The van der Waals surface area contributed by atoms with Crippen molar-refractivity contribution in [2.45, 2.75) is 0 Å². The summed E-state index contributed by atoms with van der Waals surface area (Å²) in [5, 5.41) is 14.1. The van der Waals surface area contributed by atoms with Crippen LogP contribution in [-0.2, 0) is 0 Å². The monoisotopic (exact) mass is 368 g/mol. The highest BCUT2D eigenvalue weighted by atomic mass is 19.2. The van der Waals surface area contributed by atoms with E-state index in [9.17, 15) is 18.0 Å². The third-order valence-electron chi connectivity index (χ3n) is 3.56. The lowest BCUT2D eigenvalue weighted by molar-refractivity contribution is 0.102. The van der Waals surface area contributed by atoms with Crippen LogP contribution in [0.4, 0.5) is 30.2 Å². The molecule has 1 heterocycles. The fourth-order valence-electron chi connectivity index (χ4n) is 2.28. The van der Waals surface area contributed by atoms with Gasteiger partial charge in [0.25, 0.3) is 5.91 Å². The SMILES string of the molecule is N#Cc1cccc(Nc2cncc(C(=O)Nc3ccc(F)c(F)c3F)c2)c1. The zero-order chi connectivity index (χ0) is 19.4. The minimum Gasteiger partial charge on any atom is -0.354 e. The van der Waals surface area contributed by atoms with Crippen molar-refractivity contribution in [3.05, 3.63) is 83.4 Å². The van der Waals surface area contributed by atoms with Crippen LogP contribution >= 0.6 is 0 Å². The maximum absolute atomic E-state index is 13.7. The Labute approximate surface area is 152 Å². The molecule has 1 amide bonds. The number of anilines is 3. The topological polar surface area (TPSA) is 77.8 Å². The first-order valence-electron chi connectivity index (χ1n) is 7.65. The van der Waals surface area contributed by atoms with Gasteiger partial charge < -0.3 is 10.6 Å². The summed E-state index contributed by atoms with van der Waals surface area (Å²) >= 11 is 0. The quantitative estimate of drug-likeness (QED) is 0.671. The molecule has 0 aliphatic heterocycles. The standard InChI is InChI=1S/C19H11F3N4O/c20-15-4-5-16(18(22)17(15)21)26-19(27)12-7-14(10-24-9-12)25-13-3-1-2-11(6-13)8-23/h1-7,9-10,25H,(H,26,27). The molecule has 8 heteroatoms. The van der Waals surface area contributed by atoms with Crippen LogP contribution < -0.4 is 10.6 Å². The number of aromatic nitrogens is 1. The molecule has 5 nitrogen and oxygen atoms in total. The Morgan fingerprint density at radius 3 is 2.59 bits per heavy atom. The third-order valence-corrected chi connectivity index (χ3v) is 3.56. The Morgan fingerprint density at radius 2 is 1.81 bits per heavy atom. The Bertz CT molecular complexity index is 1060. The average molecular weight is 368 g/mol. The molecular weight excluding hydrogens is 357 g/mol. The number of nitrogens with one attached hydrogen (secondary N) is 2. The fraction of sp³-hybridized carbons (Fsp3) is 0. The van der Waals surface area contributed by atoms with Crippen LogP contribution in [0.5, 0.6) is 0 Å². The molecule has 1 aromatic heterocycles. The van der Waals surface area contributed by atoms with E-state index in [1.54, 1.807) is 24.3 Å².